The summed E-state index contributed by atoms with van der Waals surface area (Å²) in [6.45, 7) is 1.71. The van der Waals surface area contributed by atoms with Gasteiger partial charge >= 0.3 is 5.97 Å². The van der Waals surface area contributed by atoms with Crippen LogP contribution in [-0.4, -0.2) is 25.9 Å². The zero-order valence-corrected chi connectivity index (χ0v) is 10.4. The van der Waals surface area contributed by atoms with Crippen molar-refractivity contribution in [2.75, 3.05) is 14.2 Å². The molecular weight excluding hydrogens is 234 g/mol. The number of hydrogen-bond acceptors (Lipinski definition) is 5. The van der Waals surface area contributed by atoms with Crippen molar-refractivity contribution in [1.82, 2.24) is 0 Å². The second kappa shape index (κ2) is 4.91. The van der Waals surface area contributed by atoms with E-state index in [-0.39, 0.29) is 0 Å². The second-order valence-electron chi connectivity index (χ2n) is 3.72. The van der Waals surface area contributed by atoms with Gasteiger partial charge in [0.1, 0.15) is 11.5 Å². The minimum atomic E-state index is -0.461. The molecule has 0 radical (unpaired) electrons. The van der Waals surface area contributed by atoms with E-state index in [0.29, 0.717) is 22.8 Å². The van der Waals surface area contributed by atoms with E-state index >= 15 is 0 Å². The van der Waals surface area contributed by atoms with Crippen LogP contribution in [0.3, 0.4) is 0 Å². The molecule has 1 aromatic rings. The van der Waals surface area contributed by atoms with Gasteiger partial charge in [0.05, 0.1) is 25.5 Å². The summed E-state index contributed by atoms with van der Waals surface area (Å²) in [7, 11) is 3.15. The number of hydrogen-bond donors (Lipinski definition) is 0. The topological polar surface area (TPSA) is 57.1 Å². The quantitative estimate of drug-likeness (QED) is 0.605. The second-order valence-corrected chi connectivity index (χ2v) is 3.72. The van der Waals surface area contributed by atoms with Crippen molar-refractivity contribution in [2.45, 2.75) is 6.92 Å². The maximum atomic E-state index is 11.5. The molecule has 0 aliphatic carbocycles. The van der Waals surface area contributed by atoms with E-state index in [1.54, 1.807) is 45.4 Å². The van der Waals surface area contributed by atoms with Crippen LogP contribution in [0.1, 0.15) is 12.5 Å². The molecule has 0 amide bonds. The Bertz CT molecular complexity index is 546. The summed E-state index contributed by atoms with van der Waals surface area (Å²) in [5, 5.41) is 3.62. The van der Waals surface area contributed by atoms with E-state index in [4.69, 9.17) is 9.47 Å². The zero-order valence-electron chi connectivity index (χ0n) is 10.4. The molecule has 0 saturated heterocycles. The number of methoxy groups -OCH3 is 2. The van der Waals surface area contributed by atoms with Gasteiger partial charge in [-0.3, -0.25) is 0 Å². The summed E-state index contributed by atoms with van der Waals surface area (Å²) >= 11 is 0. The molecule has 0 fully saturated rings. The van der Waals surface area contributed by atoms with Gasteiger partial charge in [-0.25, -0.2) is 4.79 Å². The SMILES string of the molecule is COc1ccc(OC)c(C=C2C(=O)ON=C2C)c1. The summed E-state index contributed by atoms with van der Waals surface area (Å²) in [5.41, 5.74) is 1.70. The summed E-state index contributed by atoms with van der Waals surface area (Å²) in [5.74, 6) is 0.872. The Morgan fingerprint density at radius 1 is 1.28 bits per heavy atom. The van der Waals surface area contributed by atoms with Gasteiger partial charge in [0.2, 0.25) is 0 Å². The molecule has 0 atom stereocenters. The lowest BCUT2D eigenvalue weighted by Gasteiger charge is -2.07. The highest BCUT2D eigenvalue weighted by Crippen LogP contribution is 2.27. The molecule has 2 rings (SSSR count). The van der Waals surface area contributed by atoms with E-state index in [1.807, 2.05) is 0 Å². The monoisotopic (exact) mass is 247 g/mol. The summed E-state index contributed by atoms with van der Waals surface area (Å²) in [6.07, 6.45) is 1.68. The Morgan fingerprint density at radius 3 is 2.61 bits per heavy atom. The fraction of sp³-hybridized carbons (Fsp3) is 0.231. The largest absolute Gasteiger partial charge is 0.497 e. The molecule has 18 heavy (non-hydrogen) atoms. The molecule has 0 unspecified atom stereocenters. The lowest BCUT2D eigenvalue weighted by atomic mass is 10.1. The summed E-state index contributed by atoms with van der Waals surface area (Å²) < 4.78 is 10.4. The van der Waals surface area contributed by atoms with Crippen molar-refractivity contribution < 1.29 is 19.1 Å². The van der Waals surface area contributed by atoms with Crippen molar-refractivity contribution in [3.8, 4) is 11.5 Å². The Balaban J connectivity index is 2.47. The van der Waals surface area contributed by atoms with Gasteiger partial charge in [-0.15, -0.1) is 0 Å². The maximum Gasteiger partial charge on any atom is 0.367 e. The first-order valence-electron chi connectivity index (χ1n) is 5.35. The molecule has 94 valence electrons. The van der Waals surface area contributed by atoms with Crippen LogP contribution in [0.4, 0.5) is 0 Å². The van der Waals surface area contributed by atoms with Crippen LogP contribution >= 0.6 is 0 Å². The standard InChI is InChI=1S/C13H13NO4/c1-8-11(13(15)18-14-8)7-9-6-10(16-2)4-5-12(9)17-3/h4-7H,1-3H3. The molecule has 1 heterocycles. The first-order valence-corrected chi connectivity index (χ1v) is 5.35. The minimum absolute atomic E-state index is 0.418. The number of carbonyl (C=O) groups is 1. The van der Waals surface area contributed by atoms with Crippen LogP contribution in [0.15, 0.2) is 28.9 Å². The van der Waals surface area contributed by atoms with Crippen molar-refractivity contribution in [2.24, 2.45) is 5.16 Å². The van der Waals surface area contributed by atoms with Crippen LogP contribution < -0.4 is 9.47 Å². The average molecular weight is 247 g/mol. The smallest absolute Gasteiger partial charge is 0.367 e. The molecule has 5 heteroatoms. The van der Waals surface area contributed by atoms with Crippen molar-refractivity contribution >= 4 is 17.8 Å². The van der Waals surface area contributed by atoms with E-state index in [9.17, 15) is 4.79 Å². The van der Waals surface area contributed by atoms with Crippen LogP contribution in [0.2, 0.25) is 0 Å². The van der Waals surface area contributed by atoms with Crippen LogP contribution in [-0.2, 0) is 9.63 Å². The average Bonchev–Trinajstić information content (AvgIpc) is 2.70. The fourth-order valence-electron chi connectivity index (χ4n) is 1.63. The van der Waals surface area contributed by atoms with Crippen molar-refractivity contribution in [3.05, 3.63) is 29.3 Å². The maximum absolute atomic E-state index is 11.5. The lowest BCUT2D eigenvalue weighted by Crippen LogP contribution is -2.02. The van der Waals surface area contributed by atoms with E-state index in [0.717, 1.165) is 5.56 Å². The third kappa shape index (κ3) is 2.20. The molecule has 1 aromatic carbocycles. The van der Waals surface area contributed by atoms with Gasteiger partial charge in [-0.1, -0.05) is 5.16 Å². The van der Waals surface area contributed by atoms with E-state index in [2.05, 4.69) is 9.99 Å². The number of ether oxygens (including phenoxy) is 2. The summed E-state index contributed by atoms with van der Waals surface area (Å²) in [4.78, 5) is 16.1. The van der Waals surface area contributed by atoms with Crippen LogP contribution in [0.25, 0.3) is 6.08 Å². The molecule has 1 aliphatic heterocycles. The Labute approximate surface area is 105 Å². The molecule has 0 bridgehead atoms. The number of oxime groups is 1. The number of carbonyl (C=O) groups excluding carboxylic acids is 1. The molecular formula is C13H13NO4. The fourth-order valence-corrected chi connectivity index (χ4v) is 1.63. The predicted molar refractivity (Wildman–Crippen MR) is 66.7 cm³/mol. The van der Waals surface area contributed by atoms with E-state index < -0.39 is 5.97 Å². The first kappa shape index (κ1) is 12.2. The first-order chi connectivity index (χ1) is 8.65. The van der Waals surface area contributed by atoms with Gasteiger partial charge < -0.3 is 14.3 Å². The third-order valence-electron chi connectivity index (χ3n) is 2.61. The van der Waals surface area contributed by atoms with Gasteiger partial charge in [0.15, 0.2) is 0 Å². The van der Waals surface area contributed by atoms with Gasteiger partial charge in [0.25, 0.3) is 0 Å². The highest BCUT2D eigenvalue weighted by molar-refractivity contribution is 6.24. The van der Waals surface area contributed by atoms with Gasteiger partial charge in [-0.05, 0) is 31.2 Å². The summed E-state index contributed by atoms with van der Waals surface area (Å²) in [6, 6.07) is 5.34. The van der Waals surface area contributed by atoms with Crippen molar-refractivity contribution in [1.29, 1.82) is 0 Å². The highest BCUT2D eigenvalue weighted by atomic mass is 16.7. The molecule has 1 aliphatic rings. The number of rotatable bonds is 3. The third-order valence-corrected chi connectivity index (χ3v) is 2.61. The number of nitrogens with zero attached hydrogens (tertiary/aromatic N) is 1. The molecule has 5 nitrogen and oxygen atoms in total. The molecule has 0 spiro atoms. The lowest BCUT2D eigenvalue weighted by molar-refractivity contribution is -0.136. The van der Waals surface area contributed by atoms with Crippen LogP contribution in [0.5, 0.6) is 11.5 Å². The Morgan fingerprint density at radius 2 is 2.06 bits per heavy atom. The predicted octanol–water partition coefficient (Wildman–Crippen LogP) is 2.02. The minimum Gasteiger partial charge on any atom is -0.497 e. The number of benzene rings is 1. The normalized spacial score (nSPS) is 16.5. The van der Waals surface area contributed by atoms with Crippen molar-refractivity contribution in [3.63, 3.8) is 0 Å². The zero-order chi connectivity index (χ0) is 13.1. The van der Waals surface area contributed by atoms with E-state index in [1.165, 1.54) is 0 Å². The molecule has 0 aromatic heterocycles. The van der Waals surface area contributed by atoms with Gasteiger partial charge in [0, 0.05) is 5.56 Å². The highest BCUT2D eigenvalue weighted by Gasteiger charge is 2.22. The Hall–Kier alpha value is -2.30. The van der Waals surface area contributed by atoms with Crippen LogP contribution in [0, 0.1) is 0 Å². The molecule has 0 N–H and O–H groups in total. The molecule has 0 saturated carbocycles. The van der Waals surface area contributed by atoms with Gasteiger partial charge in [-0.2, -0.15) is 0 Å². The Kier molecular flexibility index (Phi) is 3.32.